The fourth-order valence-electron chi connectivity index (χ4n) is 2.86. The number of anilines is 1. The summed E-state index contributed by atoms with van der Waals surface area (Å²) in [5.74, 6) is 0.784. The van der Waals surface area contributed by atoms with Crippen molar-refractivity contribution in [3.8, 4) is 22.6 Å². The molecule has 0 radical (unpaired) electrons. The molecular weight excluding hydrogens is 349 g/mol. The van der Waals surface area contributed by atoms with E-state index in [2.05, 4.69) is 15.5 Å². The van der Waals surface area contributed by atoms with E-state index in [4.69, 9.17) is 9.47 Å². The maximum atomic E-state index is 13.8. The average Bonchev–Trinajstić information content (AvgIpc) is 3.03. The molecule has 0 unspecified atom stereocenters. The molecule has 0 fully saturated rings. The molecule has 1 amide bonds. The zero-order chi connectivity index (χ0) is 19.4. The van der Waals surface area contributed by atoms with E-state index in [9.17, 15) is 9.18 Å². The maximum absolute atomic E-state index is 13.8. The van der Waals surface area contributed by atoms with Gasteiger partial charge in [0.25, 0.3) is 0 Å². The highest BCUT2D eigenvalue weighted by Crippen LogP contribution is 2.36. The molecule has 0 bridgehead atoms. The van der Waals surface area contributed by atoms with Gasteiger partial charge in [-0.2, -0.15) is 5.10 Å². The van der Waals surface area contributed by atoms with Crippen LogP contribution in [0, 0.1) is 12.7 Å². The van der Waals surface area contributed by atoms with E-state index in [0.717, 1.165) is 16.8 Å². The summed E-state index contributed by atoms with van der Waals surface area (Å²) < 4.78 is 24.4. The Morgan fingerprint density at radius 2 is 1.89 bits per heavy atom. The SMILES string of the molecule is COc1ccc(-c2c(NC(=O)Cc3ccccc3F)n[nH]c2C)cc1OC. The molecular formula is C20H20FN3O3. The van der Waals surface area contributed by atoms with Crippen LogP contribution in [0.2, 0.25) is 0 Å². The zero-order valence-corrected chi connectivity index (χ0v) is 15.3. The number of rotatable bonds is 6. The van der Waals surface area contributed by atoms with Crippen molar-refractivity contribution in [2.75, 3.05) is 19.5 Å². The number of ether oxygens (including phenoxy) is 2. The number of aromatic nitrogens is 2. The molecule has 3 rings (SSSR count). The number of benzene rings is 2. The van der Waals surface area contributed by atoms with E-state index in [1.807, 2.05) is 19.1 Å². The van der Waals surface area contributed by atoms with E-state index in [-0.39, 0.29) is 12.3 Å². The van der Waals surface area contributed by atoms with Crippen LogP contribution in [0.15, 0.2) is 42.5 Å². The maximum Gasteiger partial charge on any atom is 0.230 e. The lowest BCUT2D eigenvalue weighted by atomic mass is 10.0. The van der Waals surface area contributed by atoms with Crippen LogP contribution >= 0.6 is 0 Å². The summed E-state index contributed by atoms with van der Waals surface area (Å²) in [7, 11) is 3.12. The molecule has 0 atom stereocenters. The van der Waals surface area contributed by atoms with Gasteiger partial charge >= 0.3 is 0 Å². The van der Waals surface area contributed by atoms with Crippen LogP contribution in [0.3, 0.4) is 0 Å². The first-order valence-electron chi connectivity index (χ1n) is 8.34. The number of halogens is 1. The van der Waals surface area contributed by atoms with Crippen molar-refractivity contribution < 1.29 is 18.7 Å². The monoisotopic (exact) mass is 369 g/mol. The number of carbonyl (C=O) groups is 1. The molecule has 2 aromatic carbocycles. The number of hydrogen-bond acceptors (Lipinski definition) is 4. The average molecular weight is 369 g/mol. The van der Waals surface area contributed by atoms with Crippen LogP contribution in [0.25, 0.3) is 11.1 Å². The Morgan fingerprint density at radius 1 is 1.15 bits per heavy atom. The number of nitrogens with one attached hydrogen (secondary N) is 2. The molecule has 27 heavy (non-hydrogen) atoms. The number of methoxy groups -OCH3 is 2. The summed E-state index contributed by atoms with van der Waals surface area (Å²) in [5.41, 5.74) is 2.65. The van der Waals surface area contributed by atoms with Gasteiger partial charge in [0.15, 0.2) is 17.3 Å². The smallest absolute Gasteiger partial charge is 0.230 e. The van der Waals surface area contributed by atoms with Crippen LogP contribution in [-0.2, 0) is 11.2 Å². The van der Waals surface area contributed by atoms with Crippen molar-refractivity contribution in [3.63, 3.8) is 0 Å². The van der Waals surface area contributed by atoms with Gasteiger partial charge in [0.2, 0.25) is 5.91 Å². The molecule has 2 N–H and O–H groups in total. The first-order valence-corrected chi connectivity index (χ1v) is 8.34. The molecule has 1 aromatic heterocycles. The fourth-order valence-corrected chi connectivity index (χ4v) is 2.86. The topological polar surface area (TPSA) is 76.2 Å². The van der Waals surface area contributed by atoms with Crippen LogP contribution < -0.4 is 14.8 Å². The Bertz CT molecular complexity index is 969. The van der Waals surface area contributed by atoms with E-state index in [0.29, 0.717) is 22.9 Å². The summed E-state index contributed by atoms with van der Waals surface area (Å²) in [6, 6.07) is 11.6. The summed E-state index contributed by atoms with van der Waals surface area (Å²) in [6.07, 6.45) is -0.0794. The molecule has 6 nitrogen and oxygen atoms in total. The highest BCUT2D eigenvalue weighted by Gasteiger charge is 2.17. The number of amides is 1. The fraction of sp³-hybridized carbons (Fsp3) is 0.200. The predicted octanol–water partition coefficient (Wildman–Crippen LogP) is 3.72. The number of carbonyl (C=O) groups excluding carboxylic acids is 1. The molecule has 0 spiro atoms. The van der Waals surface area contributed by atoms with Crippen LogP contribution in [0.1, 0.15) is 11.3 Å². The third-order valence-electron chi connectivity index (χ3n) is 4.19. The van der Waals surface area contributed by atoms with Gasteiger partial charge in [0, 0.05) is 11.3 Å². The van der Waals surface area contributed by atoms with Gasteiger partial charge in [-0.05, 0) is 36.2 Å². The number of hydrogen-bond donors (Lipinski definition) is 2. The molecule has 0 aliphatic carbocycles. The van der Waals surface area contributed by atoms with Crippen LogP contribution in [0.4, 0.5) is 10.2 Å². The molecule has 0 aliphatic heterocycles. The number of aryl methyl sites for hydroxylation is 1. The molecule has 140 valence electrons. The van der Waals surface area contributed by atoms with Crippen molar-refractivity contribution in [2.45, 2.75) is 13.3 Å². The van der Waals surface area contributed by atoms with Gasteiger partial charge in [-0.15, -0.1) is 0 Å². The van der Waals surface area contributed by atoms with Crippen molar-refractivity contribution in [1.82, 2.24) is 10.2 Å². The highest BCUT2D eigenvalue weighted by molar-refractivity contribution is 5.95. The largest absolute Gasteiger partial charge is 0.493 e. The summed E-state index contributed by atoms with van der Waals surface area (Å²) in [4.78, 5) is 12.4. The van der Waals surface area contributed by atoms with E-state index in [1.54, 1.807) is 38.5 Å². The number of H-pyrrole nitrogens is 1. The summed E-state index contributed by atoms with van der Waals surface area (Å²) in [5, 5.41) is 9.79. The van der Waals surface area contributed by atoms with Gasteiger partial charge < -0.3 is 14.8 Å². The van der Waals surface area contributed by atoms with Gasteiger partial charge in [-0.3, -0.25) is 9.89 Å². The Hall–Kier alpha value is -3.35. The predicted molar refractivity (Wildman–Crippen MR) is 101 cm³/mol. The molecule has 0 saturated carbocycles. The molecule has 0 saturated heterocycles. The van der Waals surface area contributed by atoms with Crippen molar-refractivity contribution in [1.29, 1.82) is 0 Å². The quantitative estimate of drug-likeness (QED) is 0.694. The molecule has 1 heterocycles. The van der Waals surface area contributed by atoms with Gasteiger partial charge in [-0.1, -0.05) is 24.3 Å². The first kappa shape index (κ1) is 18.4. The van der Waals surface area contributed by atoms with Crippen molar-refractivity contribution >= 4 is 11.7 Å². The van der Waals surface area contributed by atoms with E-state index < -0.39 is 5.82 Å². The molecule has 3 aromatic rings. The van der Waals surface area contributed by atoms with E-state index in [1.165, 1.54) is 6.07 Å². The lowest BCUT2D eigenvalue weighted by Gasteiger charge is -2.11. The summed E-state index contributed by atoms with van der Waals surface area (Å²) >= 11 is 0. The Morgan fingerprint density at radius 3 is 2.59 bits per heavy atom. The van der Waals surface area contributed by atoms with Gasteiger partial charge in [-0.25, -0.2) is 4.39 Å². The first-order chi connectivity index (χ1) is 13.0. The van der Waals surface area contributed by atoms with Crippen molar-refractivity contribution in [2.24, 2.45) is 0 Å². The minimum atomic E-state index is -0.411. The minimum Gasteiger partial charge on any atom is -0.493 e. The van der Waals surface area contributed by atoms with Gasteiger partial charge in [0.05, 0.1) is 20.6 Å². The van der Waals surface area contributed by atoms with E-state index >= 15 is 0 Å². The lowest BCUT2D eigenvalue weighted by molar-refractivity contribution is -0.115. The summed E-state index contributed by atoms with van der Waals surface area (Å²) in [6.45, 7) is 1.85. The third kappa shape index (κ3) is 3.92. The minimum absolute atomic E-state index is 0.0794. The molecule has 0 aliphatic rings. The Labute approximate surface area is 156 Å². The Kier molecular flexibility index (Phi) is 5.40. The molecule has 7 heteroatoms. The third-order valence-corrected chi connectivity index (χ3v) is 4.19. The second-order valence-corrected chi connectivity index (χ2v) is 5.96. The number of nitrogens with zero attached hydrogens (tertiary/aromatic N) is 1. The van der Waals surface area contributed by atoms with Crippen molar-refractivity contribution in [3.05, 3.63) is 59.5 Å². The highest BCUT2D eigenvalue weighted by atomic mass is 19.1. The van der Waals surface area contributed by atoms with Crippen LogP contribution in [-0.4, -0.2) is 30.3 Å². The lowest BCUT2D eigenvalue weighted by Crippen LogP contribution is -2.16. The Balaban J connectivity index is 1.87. The van der Waals surface area contributed by atoms with Gasteiger partial charge in [0.1, 0.15) is 5.82 Å². The zero-order valence-electron chi connectivity index (χ0n) is 15.3. The number of aromatic amines is 1. The van der Waals surface area contributed by atoms with Crippen LogP contribution in [0.5, 0.6) is 11.5 Å². The second kappa shape index (κ2) is 7.90. The second-order valence-electron chi connectivity index (χ2n) is 5.96. The normalized spacial score (nSPS) is 10.5. The standard InChI is InChI=1S/C20H20FN3O3/c1-12-19(14-8-9-16(26-2)17(10-14)27-3)20(24-23-12)22-18(25)11-13-6-4-5-7-15(13)21/h4-10H,11H2,1-3H3,(H2,22,23,24,25).